The second kappa shape index (κ2) is 13.2. The summed E-state index contributed by atoms with van der Waals surface area (Å²) >= 11 is 0. The highest BCUT2D eigenvalue weighted by Gasteiger charge is 2.24. The highest BCUT2D eigenvalue weighted by Crippen LogP contribution is 2.08. The van der Waals surface area contributed by atoms with Gasteiger partial charge < -0.3 is 26.2 Å². The zero-order chi connectivity index (χ0) is 20.3. The molecule has 2 amide bonds. The molecule has 0 bridgehead atoms. The van der Waals surface area contributed by atoms with Crippen molar-refractivity contribution in [3.8, 4) is 0 Å². The fraction of sp³-hybridized carbons (Fsp3) is 0.611. The molecule has 0 aromatic rings. The lowest BCUT2D eigenvalue weighted by atomic mass is 10.0. The predicted molar refractivity (Wildman–Crippen MR) is 107 cm³/mol. The molecule has 0 aliphatic carbocycles. The number of carboxylic acid groups (broad SMARTS) is 1. The molecule has 0 spiro atoms. The molecule has 27 heavy (non-hydrogen) atoms. The van der Waals surface area contributed by atoms with Crippen LogP contribution in [0.4, 0.5) is 4.79 Å². The Hall–Kier alpha value is -2.06. The van der Waals surface area contributed by atoms with Crippen LogP contribution in [0.15, 0.2) is 24.3 Å². The van der Waals surface area contributed by atoms with Crippen molar-refractivity contribution in [2.75, 3.05) is 6.54 Å². The van der Waals surface area contributed by atoms with Gasteiger partial charge in [-0.3, -0.25) is 4.79 Å². The number of aliphatic carboxylic acids is 1. The predicted octanol–water partition coefficient (Wildman–Crippen LogP) is 1.99. The van der Waals surface area contributed by atoms with Crippen molar-refractivity contribution in [2.24, 2.45) is 11.7 Å². The first-order valence-corrected chi connectivity index (χ1v) is 8.54. The Bertz CT molecular complexity index is 542. The third kappa shape index (κ3) is 13.8. The largest absolute Gasteiger partial charge is 0.478 e. The molecule has 0 aromatic carbocycles. The average molecular weight is 406 g/mol. The van der Waals surface area contributed by atoms with Crippen LogP contribution in [0.25, 0.3) is 0 Å². The maximum absolute atomic E-state index is 12.6. The van der Waals surface area contributed by atoms with E-state index < -0.39 is 35.7 Å². The Morgan fingerprint density at radius 1 is 1.15 bits per heavy atom. The Balaban J connectivity index is 0. The molecule has 9 heteroatoms. The van der Waals surface area contributed by atoms with E-state index in [1.54, 1.807) is 26.8 Å². The third-order valence-corrected chi connectivity index (χ3v) is 3.09. The number of halogens is 1. The number of amides is 2. The van der Waals surface area contributed by atoms with Gasteiger partial charge in [-0.1, -0.05) is 32.1 Å². The number of carbonyl (C=O) groups excluding carboxylic acids is 2. The summed E-state index contributed by atoms with van der Waals surface area (Å²) in [6.45, 7) is 9.26. The molecule has 156 valence electrons. The average Bonchev–Trinajstić information content (AvgIpc) is 2.48. The first kappa shape index (κ1) is 27.2. The molecule has 0 aromatic heterocycles. The first-order chi connectivity index (χ1) is 12.0. The Morgan fingerprint density at radius 3 is 2.19 bits per heavy atom. The van der Waals surface area contributed by atoms with Crippen LogP contribution in [0.1, 0.15) is 41.0 Å². The summed E-state index contributed by atoms with van der Waals surface area (Å²) in [6.07, 6.45) is 5.43. The third-order valence-electron chi connectivity index (χ3n) is 3.09. The van der Waals surface area contributed by atoms with E-state index in [0.717, 1.165) is 6.08 Å². The number of alkyl carbamates (subject to hydrolysis) is 1. The maximum atomic E-state index is 12.6. The second-order valence-electron chi connectivity index (χ2n) is 7.11. The lowest BCUT2D eigenvalue weighted by Crippen LogP contribution is -2.50. The normalized spacial score (nSPS) is 13.9. The number of nitrogens with two attached hydrogens (primary N) is 1. The van der Waals surface area contributed by atoms with Crippen molar-refractivity contribution in [1.29, 1.82) is 0 Å². The summed E-state index contributed by atoms with van der Waals surface area (Å²) in [4.78, 5) is 35.2. The summed E-state index contributed by atoms with van der Waals surface area (Å²) in [5, 5.41) is 14.0. The molecule has 5 N–H and O–H groups in total. The van der Waals surface area contributed by atoms with Crippen LogP contribution in [-0.4, -0.2) is 47.3 Å². The van der Waals surface area contributed by atoms with Gasteiger partial charge in [-0.15, -0.1) is 12.4 Å². The summed E-state index contributed by atoms with van der Waals surface area (Å²) in [5.74, 6) is -1.61. The van der Waals surface area contributed by atoms with Crippen molar-refractivity contribution in [1.82, 2.24) is 10.6 Å². The number of ether oxygens (including phenoxy) is 1. The van der Waals surface area contributed by atoms with Gasteiger partial charge in [0.2, 0.25) is 5.91 Å². The zero-order valence-electron chi connectivity index (χ0n) is 16.5. The van der Waals surface area contributed by atoms with Gasteiger partial charge in [0.05, 0.1) is 6.04 Å². The molecule has 0 heterocycles. The monoisotopic (exact) mass is 405 g/mol. The van der Waals surface area contributed by atoms with E-state index in [2.05, 4.69) is 10.6 Å². The number of hydrogen-bond acceptors (Lipinski definition) is 5. The van der Waals surface area contributed by atoms with Gasteiger partial charge in [0.15, 0.2) is 0 Å². The minimum atomic E-state index is -1.10. The van der Waals surface area contributed by atoms with E-state index in [1.807, 2.05) is 13.8 Å². The van der Waals surface area contributed by atoms with Gasteiger partial charge in [0.25, 0.3) is 0 Å². The van der Waals surface area contributed by atoms with Gasteiger partial charge in [0.1, 0.15) is 11.6 Å². The minimum absolute atomic E-state index is 0. The topological polar surface area (TPSA) is 131 Å². The second-order valence-corrected chi connectivity index (χ2v) is 7.11. The van der Waals surface area contributed by atoms with E-state index in [1.165, 1.54) is 12.2 Å². The highest BCUT2D eigenvalue weighted by molar-refractivity contribution is 5.88. The standard InChI is InChI=1S/C18H31N3O5.ClH/c1-12(2)13(9-10-15(22)23)20-16(24)14(8-6-7-11-19)21-17(25)26-18(3,4)5;/h6,8-10,12-14H,7,11,19H2,1-5H3,(H,20,24)(H,21,25)(H,22,23);1H/b8-6+,10-9+;/t13-,14+;/m1./s1. The van der Waals surface area contributed by atoms with E-state index in [4.69, 9.17) is 15.6 Å². The van der Waals surface area contributed by atoms with E-state index in [9.17, 15) is 14.4 Å². The number of carbonyl (C=O) groups is 3. The van der Waals surface area contributed by atoms with E-state index >= 15 is 0 Å². The quantitative estimate of drug-likeness (QED) is 0.342. The maximum Gasteiger partial charge on any atom is 0.408 e. The Morgan fingerprint density at radius 2 is 1.74 bits per heavy atom. The molecule has 0 unspecified atom stereocenters. The molecule has 0 aliphatic heterocycles. The van der Waals surface area contributed by atoms with Crippen LogP contribution >= 0.6 is 12.4 Å². The van der Waals surface area contributed by atoms with Crippen LogP contribution in [-0.2, 0) is 14.3 Å². The number of nitrogens with one attached hydrogen (secondary N) is 2. The van der Waals surface area contributed by atoms with Crippen molar-refractivity contribution in [3.63, 3.8) is 0 Å². The Labute approximate surface area is 167 Å². The van der Waals surface area contributed by atoms with Gasteiger partial charge in [-0.25, -0.2) is 9.59 Å². The lowest BCUT2D eigenvalue weighted by Gasteiger charge is -2.24. The molecule has 0 aliphatic rings. The van der Waals surface area contributed by atoms with E-state index in [-0.39, 0.29) is 18.3 Å². The zero-order valence-corrected chi connectivity index (χ0v) is 17.3. The van der Waals surface area contributed by atoms with E-state index in [0.29, 0.717) is 13.0 Å². The van der Waals surface area contributed by atoms with Crippen LogP contribution in [0.5, 0.6) is 0 Å². The number of rotatable bonds is 9. The molecule has 0 fully saturated rings. The van der Waals surface area contributed by atoms with Crippen LogP contribution < -0.4 is 16.4 Å². The fourth-order valence-electron chi connectivity index (χ4n) is 1.84. The molecular weight excluding hydrogens is 374 g/mol. The SMILES string of the molecule is CC(C)[C@@H](/C=C/C(=O)O)NC(=O)[C@H](/C=C/CCN)NC(=O)OC(C)(C)C.Cl. The van der Waals surface area contributed by atoms with Gasteiger partial charge in [-0.2, -0.15) is 0 Å². The molecule has 0 saturated carbocycles. The number of carboxylic acids is 1. The van der Waals surface area contributed by atoms with Crippen LogP contribution in [0.2, 0.25) is 0 Å². The summed E-state index contributed by atoms with van der Waals surface area (Å²) < 4.78 is 5.18. The van der Waals surface area contributed by atoms with Crippen molar-refractivity contribution >= 4 is 30.4 Å². The van der Waals surface area contributed by atoms with Crippen molar-refractivity contribution in [2.45, 2.75) is 58.7 Å². The highest BCUT2D eigenvalue weighted by atomic mass is 35.5. The first-order valence-electron chi connectivity index (χ1n) is 8.54. The molecular formula is C18H32ClN3O5. The molecule has 0 rings (SSSR count). The summed E-state index contributed by atoms with van der Waals surface area (Å²) in [7, 11) is 0. The number of hydrogen-bond donors (Lipinski definition) is 4. The van der Waals surface area contributed by atoms with Crippen LogP contribution in [0, 0.1) is 5.92 Å². The Kier molecular flexibility index (Phi) is 13.2. The smallest absolute Gasteiger partial charge is 0.408 e. The molecule has 0 saturated heterocycles. The molecule has 2 atom stereocenters. The van der Waals surface area contributed by atoms with Gasteiger partial charge >= 0.3 is 12.1 Å². The molecule has 8 nitrogen and oxygen atoms in total. The summed E-state index contributed by atoms with van der Waals surface area (Å²) in [6, 6.07) is -1.46. The van der Waals surface area contributed by atoms with Crippen molar-refractivity contribution < 1.29 is 24.2 Å². The van der Waals surface area contributed by atoms with Gasteiger partial charge in [0, 0.05) is 6.08 Å². The fourth-order valence-corrected chi connectivity index (χ4v) is 1.84. The van der Waals surface area contributed by atoms with Crippen LogP contribution in [0.3, 0.4) is 0 Å². The molecule has 0 radical (unpaired) electrons. The minimum Gasteiger partial charge on any atom is -0.478 e. The summed E-state index contributed by atoms with van der Waals surface area (Å²) in [5.41, 5.74) is 4.74. The lowest BCUT2D eigenvalue weighted by molar-refractivity contribution is -0.131. The van der Waals surface area contributed by atoms with Crippen molar-refractivity contribution in [3.05, 3.63) is 24.3 Å². The van der Waals surface area contributed by atoms with Gasteiger partial charge in [-0.05, 0) is 39.7 Å².